The summed E-state index contributed by atoms with van der Waals surface area (Å²) in [6, 6.07) is 0. The lowest BCUT2D eigenvalue weighted by Gasteiger charge is -2.22. The van der Waals surface area contributed by atoms with Gasteiger partial charge in [0, 0.05) is 19.4 Å². The van der Waals surface area contributed by atoms with E-state index in [1.165, 1.54) is 103 Å². The van der Waals surface area contributed by atoms with Gasteiger partial charge < -0.3 is 29.7 Å². The van der Waals surface area contributed by atoms with E-state index in [0.29, 0.717) is 6.42 Å². The molecule has 0 aromatic heterocycles. The van der Waals surface area contributed by atoms with Gasteiger partial charge in [0.15, 0.2) is 6.10 Å². The molecular weight excluding hydrogens is 597 g/mol. The molecule has 0 aromatic carbocycles. The number of carbonyl (C=O) groups is 2. The van der Waals surface area contributed by atoms with Gasteiger partial charge in [0.25, 0.3) is 0 Å². The average molecular weight is 666 g/mol. The molecule has 0 amide bonds. The highest BCUT2D eigenvalue weighted by molar-refractivity contribution is 7.46. The summed E-state index contributed by atoms with van der Waals surface area (Å²) in [5, 5.41) is 0. The van der Waals surface area contributed by atoms with Gasteiger partial charge in [0.05, 0.1) is 19.3 Å². The summed E-state index contributed by atoms with van der Waals surface area (Å²) in [4.78, 5) is 42.8. The second-order valence-corrected chi connectivity index (χ2v) is 13.6. The van der Waals surface area contributed by atoms with Crippen molar-refractivity contribution in [2.75, 3.05) is 26.4 Å². The van der Waals surface area contributed by atoms with Crippen LogP contribution in [0.25, 0.3) is 0 Å². The number of hydrogen-bond donors (Lipinski definition) is 3. The molecule has 0 aromatic rings. The molecule has 0 bridgehead atoms. The van der Waals surface area contributed by atoms with Crippen LogP contribution in [0.15, 0.2) is 0 Å². The van der Waals surface area contributed by atoms with Crippen molar-refractivity contribution in [3.63, 3.8) is 0 Å². The maximum absolute atomic E-state index is 12.5. The molecule has 11 heteroatoms. The first kappa shape index (κ1) is 44.0. The second-order valence-electron chi connectivity index (χ2n) is 12.3. The van der Waals surface area contributed by atoms with E-state index in [2.05, 4.69) is 18.4 Å². The summed E-state index contributed by atoms with van der Waals surface area (Å²) in [5.41, 5.74) is 5.64. The standard InChI is InChI=1S/C34H68NO9P/c1-3-5-7-9-11-13-14-15-16-18-19-21-23-25-33(36)42-29-32(28-41-31(27-35)30-43-45(38,39)40)44-34(37)26-24-22-20-17-12-10-8-6-4-2/h31-32H,3-30,35H2,1-2H3,(H2,38,39,40)/t31?,32-/m0/s1. The highest BCUT2D eigenvalue weighted by atomic mass is 31.2. The SMILES string of the molecule is CCCCCCCCCCCCCCCC(=O)OC[C@H](COC(CN)COP(=O)(O)O)OC(=O)CCCCCCCCCCC. The van der Waals surface area contributed by atoms with Crippen molar-refractivity contribution in [3.8, 4) is 0 Å². The molecule has 0 spiro atoms. The van der Waals surface area contributed by atoms with Crippen LogP contribution in [-0.4, -0.2) is 60.3 Å². The van der Waals surface area contributed by atoms with Crippen LogP contribution >= 0.6 is 7.82 Å². The summed E-state index contributed by atoms with van der Waals surface area (Å²) in [5.74, 6) is -0.742. The van der Waals surface area contributed by atoms with E-state index < -0.39 is 32.6 Å². The number of rotatable bonds is 34. The lowest BCUT2D eigenvalue weighted by atomic mass is 10.0. The Labute approximate surface area is 274 Å². The first-order valence-electron chi connectivity index (χ1n) is 18.1. The van der Waals surface area contributed by atoms with Crippen LogP contribution in [0.2, 0.25) is 0 Å². The fraction of sp³-hybridized carbons (Fsp3) is 0.941. The quantitative estimate of drug-likeness (QED) is 0.0347. The molecule has 0 aliphatic heterocycles. The van der Waals surface area contributed by atoms with Crippen molar-refractivity contribution in [2.45, 2.75) is 180 Å². The van der Waals surface area contributed by atoms with E-state index in [4.69, 9.17) is 29.7 Å². The number of esters is 2. The van der Waals surface area contributed by atoms with E-state index >= 15 is 0 Å². The number of hydrogen-bond acceptors (Lipinski definition) is 8. The minimum absolute atomic E-state index is 0.0576. The lowest BCUT2D eigenvalue weighted by Crippen LogP contribution is -2.35. The molecule has 0 rings (SSSR count). The Morgan fingerprint density at radius 2 is 0.978 bits per heavy atom. The number of carbonyl (C=O) groups excluding carboxylic acids is 2. The van der Waals surface area contributed by atoms with Crippen LogP contribution < -0.4 is 5.73 Å². The number of phosphoric ester groups is 1. The molecule has 0 saturated carbocycles. The van der Waals surface area contributed by atoms with Crippen molar-refractivity contribution in [3.05, 3.63) is 0 Å². The second kappa shape index (κ2) is 31.6. The van der Waals surface area contributed by atoms with Gasteiger partial charge in [-0.25, -0.2) is 4.57 Å². The minimum atomic E-state index is -4.68. The third-order valence-corrected chi connectivity index (χ3v) is 8.39. The first-order valence-corrected chi connectivity index (χ1v) is 19.6. The van der Waals surface area contributed by atoms with Crippen molar-refractivity contribution in [1.29, 1.82) is 0 Å². The minimum Gasteiger partial charge on any atom is -0.462 e. The third-order valence-electron chi connectivity index (χ3n) is 7.91. The molecule has 0 radical (unpaired) electrons. The van der Waals surface area contributed by atoms with Gasteiger partial charge in [0.1, 0.15) is 6.61 Å². The maximum Gasteiger partial charge on any atom is 0.469 e. The monoisotopic (exact) mass is 665 g/mol. The van der Waals surface area contributed by atoms with E-state index in [1.807, 2.05) is 0 Å². The molecule has 0 fully saturated rings. The Hall–Kier alpha value is -1.03. The molecule has 2 atom stereocenters. The Bertz CT molecular complexity index is 734. The zero-order chi connectivity index (χ0) is 33.4. The van der Waals surface area contributed by atoms with Crippen molar-refractivity contribution in [2.24, 2.45) is 5.73 Å². The number of unbranched alkanes of at least 4 members (excludes halogenated alkanes) is 20. The maximum atomic E-state index is 12.5. The Morgan fingerprint density at radius 1 is 0.578 bits per heavy atom. The average Bonchev–Trinajstić information content (AvgIpc) is 3.00. The summed E-state index contributed by atoms with van der Waals surface area (Å²) in [6.07, 6.45) is 25.1. The molecule has 0 aliphatic rings. The highest BCUT2D eigenvalue weighted by Crippen LogP contribution is 2.35. The molecule has 0 heterocycles. The topological polar surface area (TPSA) is 155 Å². The molecule has 268 valence electrons. The molecule has 1 unspecified atom stereocenters. The van der Waals surface area contributed by atoms with Gasteiger partial charge >= 0.3 is 19.8 Å². The van der Waals surface area contributed by atoms with Gasteiger partial charge in [-0.1, -0.05) is 142 Å². The predicted molar refractivity (Wildman–Crippen MR) is 180 cm³/mol. The van der Waals surface area contributed by atoms with Crippen LogP contribution in [0.5, 0.6) is 0 Å². The highest BCUT2D eigenvalue weighted by Gasteiger charge is 2.22. The van der Waals surface area contributed by atoms with Crippen LogP contribution in [-0.2, 0) is 32.9 Å². The van der Waals surface area contributed by atoms with E-state index in [9.17, 15) is 14.2 Å². The molecule has 0 aliphatic carbocycles. The first-order chi connectivity index (χ1) is 21.7. The van der Waals surface area contributed by atoms with E-state index in [1.54, 1.807) is 0 Å². The normalized spacial score (nSPS) is 13.1. The van der Waals surface area contributed by atoms with Gasteiger partial charge in [-0.3, -0.25) is 14.1 Å². The lowest BCUT2D eigenvalue weighted by molar-refractivity contribution is -0.164. The predicted octanol–water partition coefficient (Wildman–Crippen LogP) is 8.30. The third kappa shape index (κ3) is 32.7. The Kier molecular flexibility index (Phi) is 30.8. The summed E-state index contributed by atoms with van der Waals surface area (Å²) < 4.78 is 32.1. The fourth-order valence-corrected chi connectivity index (χ4v) is 5.45. The molecule has 10 nitrogen and oxygen atoms in total. The molecule has 45 heavy (non-hydrogen) atoms. The number of ether oxygens (including phenoxy) is 3. The van der Waals surface area contributed by atoms with E-state index in [0.717, 1.165) is 38.5 Å². The van der Waals surface area contributed by atoms with Gasteiger partial charge in [0.2, 0.25) is 0 Å². The zero-order valence-corrected chi connectivity index (χ0v) is 29.6. The van der Waals surface area contributed by atoms with Crippen LogP contribution in [0.1, 0.15) is 168 Å². The van der Waals surface area contributed by atoms with Crippen molar-refractivity contribution < 1.29 is 42.7 Å². The Morgan fingerprint density at radius 3 is 1.38 bits per heavy atom. The number of nitrogens with two attached hydrogens (primary N) is 1. The van der Waals surface area contributed by atoms with E-state index in [-0.39, 0.29) is 32.1 Å². The van der Waals surface area contributed by atoms with Gasteiger partial charge in [-0.15, -0.1) is 0 Å². The summed E-state index contributed by atoms with van der Waals surface area (Å²) in [6.45, 7) is 3.68. The van der Waals surface area contributed by atoms with Crippen LogP contribution in [0.4, 0.5) is 0 Å². The largest absolute Gasteiger partial charge is 0.469 e. The van der Waals surface area contributed by atoms with Gasteiger partial charge in [-0.05, 0) is 12.8 Å². The van der Waals surface area contributed by atoms with Crippen molar-refractivity contribution in [1.82, 2.24) is 0 Å². The zero-order valence-electron chi connectivity index (χ0n) is 28.7. The smallest absolute Gasteiger partial charge is 0.462 e. The van der Waals surface area contributed by atoms with Gasteiger partial charge in [-0.2, -0.15) is 0 Å². The van der Waals surface area contributed by atoms with Crippen molar-refractivity contribution >= 4 is 19.8 Å². The number of phosphoric acid groups is 1. The summed E-state index contributed by atoms with van der Waals surface area (Å²) in [7, 11) is -4.68. The molecular formula is C34H68NO9P. The summed E-state index contributed by atoms with van der Waals surface area (Å²) >= 11 is 0. The molecule has 0 saturated heterocycles. The van der Waals surface area contributed by atoms with Crippen LogP contribution in [0, 0.1) is 0 Å². The fourth-order valence-electron chi connectivity index (χ4n) is 5.09. The Balaban J connectivity index is 4.34. The van der Waals surface area contributed by atoms with Crippen LogP contribution in [0.3, 0.4) is 0 Å². The molecule has 4 N–H and O–H groups in total.